The van der Waals surface area contributed by atoms with Crippen molar-refractivity contribution in [3.8, 4) is 23.7 Å². The molecule has 5 heteroatoms. The SMILES string of the molecule is CCCCC#Cc1ccc2cnc(N)c(C#Cc3ccc(C(=O)CCC(O)CN(CC)CC)cc3)c2c1. The minimum Gasteiger partial charge on any atom is -0.392 e. The van der Waals surface area contributed by atoms with E-state index in [0.29, 0.717) is 36.3 Å². The predicted molar refractivity (Wildman–Crippen MR) is 152 cm³/mol. The fraction of sp³-hybridized carbons (Fsp3) is 0.375. The minimum atomic E-state index is -0.503. The molecule has 1 heterocycles. The van der Waals surface area contributed by atoms with Crippen molar-refractivity contribution in [3.05, 3.63) is 70.9 Å². The molecule has 2 aromatic carbocycles. The molecule has 1 atom stereocenters. The average Bonchev–Trinajstić information content (AvgIpc) is 2.92. The van der Waals surface area contributed by atoms with E-state index in [1.807, 2.05) is 30.3 Å². The van der Waals surface area contributed by atoms with Gasteiger partial charge in [0.1, 0.15) is 5.82 Å². The molecular formula is C32H37N3O2. The number of likely N-dealkylation sites (N-methyl/N-ethyl adjacent to an activating group) is 1. The number of hydrogen-bond donors (Lipinski definition) is 2. The molecule has 0 bridgehead atoms. The van der Waals surface area contributed by atoms with E-state index in [9.17, 15) is 9.90 Å². The maximum atomic E-state index is 12.6. The number of anilines is 1. The van der Waals surface area contributed by atoms with Gasteiger partial charge >= 0.3 is 0 Å². The summed E-state index contributed by atoms with van der Waals surface area (Å²) in [6.45, 7) is 8.66. The van der Waals surface area contributed by atoms with Crippen molar-refractivity contribution in [2.24, 2.45) is 0 Å². The number of nitrogens with two attached hydrogens (primary N) is 1. The number of nitrogens with zero attached hydrogens (tertiary/aromatic N) is 2. The largest absolute Gasteiger partial charge is 0.392 e. The quantitative estimate of drug-likeness (QED) is 0.223. The van der Waals surface area contributed by atoms with E-state index in [0.717, 1.165) is 54.3 Å². The van der Waals surface area contributed by atoms with Gasteiger partial charge in [-0.2, -0.15) is 0 Å². The predicted octanol–water partition coefficient (Wildman–Crippen LogP) is 5.42. The van der Waals surface area contributed by atoms with Gasteiger partial charge in [-0.1, -0.05) is 69.1 Å². The van der Waals surface area contributed by atoms with Gasteiger partial charge in [-0.15, -0.1) is 0 Å². The van der Waals surface area contributed by atoms with Gasteiger partial charge in [0, 0.05) is 53.0 Å². The van der Waals surface area contributed by atoms with Gasteiger partial charge in [0.05, 0.1) is 11.7 Å². The molecule has 0 radical (unpaired) electrons. The lowest BCUT2D eigenvalue weighted by Crippen LogP contribution is -2.32. The number of aromatic nitrogens is 1. The minimum absolute atomic E-state index is 0.0215. The monoisotopic (exact) mass is 495 g/mol. The number of hydrogen-bond acceptors (Lipinski definition) is 5. The Hall–Kier alpha value is -3.64. The third-order valence-corrected chi connectivity index (χ3v) is 6.42. The van der Waals surface area contributed by atoms with Crippen LogP contribution < -0.4 is 5.73 Å². The first-order chi connectivity index (χ1) is 17.9. The number of ketones is 1. The maximum Gasteiger partial charge on any atom is 0.162 e. The number of fused-ring (bicyclic) bond motifs is 1. The fourth-order valence-corrected chi connectivity index (χ4v) is 4.05. The molecule has 3 rings (SSSR count). The number of pyridine rings is 1. The van der Waals surface area contributed by atoms with Gasteiger partial charge < -0.3 is 15.7 Å². The van der Waals surface area contributed by atoms with Crippen LogP contribution in [0.5, 0.6) is 0 Å². The Morgan fingerprint density at radius 1 is 1.03 bits per heavy atom. The normalized spacial score (nSPS) is 11.5. The zero-order chi connectivity index (χ0) is 26.6. The Labute approximate surface area is 221 Å². The molecule has 0 spiro atoms. The maximum absolute atomic E-state index is 12.6. The number of aliphatic hydroxyl groups excluding tert-OH is 1. The van der Waals surface area contributed by atoms with Crippen LogP contribution in [0.3, 0.4) is 0 Å². The Morgan fingerprint density at radius 2 is 1.76 bits per heavy atom. The second-order valence-corrected chi connectivity index (χ2v) is 9.15. The number of benzene rings is 2. The molecule has 0 fully saturated rings. The van der Waals surface area contributed by atoms with Crippen molar-refractivity contribution in [2.45, 2.75) is 59.0 Å². The number of nitrogen functional groups attached to an aromatic ring is 1. The zero-order valence-electron chi connectivity index (χ0n) is 22.2. The van der Waals surface area contributed by atoms with Crippen molar-refractivity contribution in [1.29, 1.82) is 0 Å². The first-order valence-electron chi connectivity index (χ1n) is 13.2. The summed E-state index contributed by atoms with van der Waals surface area (Å²) in [5, 5.41) is 12.1. The fourth-order valence-electron chi connectivity index (χ4n) is 4.05. The number of carbonyl (C=O) groups is 1. The van der Waals surface area contributed by atoms with Crippen molar-refractivity contribution in [1.82, 2.24) is 9.88 Å². The number of Topliss-reactive ketones (excluding diaryl/α,β-unsaturated/α-hetero) is 1. The lowest BCUT2D eigenvalue weighted by atomic mass is 10.0. The van der Waals surface area contributed by atoms with Crippen LogP contribution in [0.4, 0.5) is 5.82 Å². The van der Waals surface area contributed by atoms with Crippen LogP contribution in [0, 0.1) is 23.7 Å². The van der Waals surface area contributed by atoms with Crippen molar-refractivity contribution < 1.29 is 9.90 Å². The Bertz CT molecular complexity index is 1320. The summed E-state index contributed by atoms with van der Waals surface area (Å²) in [4.78, 5) is 19.1. The Kier molecular flexibility index (Phi) is 10.7. The van der Waals surface area contributed by atoms with Crippen LogP contribution in [0.1, 0.15) is 79.9 Å². The number of unbranched alkanes of at least 4 members (excludes halogenated alkanes) is 2. The van der Waals surface area contributed by atoms with E-state index >= 15 is 0 Å². The van der Waals surface area contributed by atoms with Crippen LogP contribution in [-0.4, -0.2) is 46.5 Å². The zero-order valence-corrected chi connectivity index (χ0v) is 22.2. The third kappa shape index (κ3) is 8.19. The van der Waals surface area contributed by atoms with Gasteiger partial charge in [0.25, 0.3) is 0 Å². The van der Waals surface area contributed by atoms with E-state index in [4.69, 9.17) is 5.73 Å². The number of aliphatic hydroxyl groups is 1. The Balaban J connectivity index is 1.72. The van der Waals surface area contributed by atoms with Crippen LogP contribution in [0.25, 0.3) is 10.8 Å². The Morgan fingerprint density at radius 3 is 2.46 bits per heavy atom. The summed E-state index contributed by atoms with van der Waals surface area (Å²) in [5.74, 6) is 13.2. The summed E-state index contributed by atoms with van der Waals surface area (Å²) >= 11 is 0. The molecule has 0 saturated carbocycles. The average molecular weight is 496 g/mol. The highest BCUT2D eigenvalue weighted by molar-refractivity contribution is 5.96. The first kappa shape index (κ1) is 27.9. The van der Waals surface area contributed by atoms with Gasteiger partial charge in [0.2, 0.25) is 0 Å². The molecular weight excluding hydrogens is 458 g/mol. The van der Waals surface area contributed by atoms with E-state index in [1.54, 1.807) is 18.3 Å². The molecule has 37 heavy (non-hydrogen) atoms. The summed E-state index contributed by atoms with van der Waals surface area (Å²) in [7, 11) is 0. The molecule has 192 valence electrons. The number of carbonyl (C=O) groups excluding carboxylic acids is 1. The molecule has 0 aliphatic heterocycles. The lowest BCUT2D eigenvalue weighted by molar-refractivity contribution is 0.0877. The lowest BCUT2D eigenvalue weighted by Gasteiger charge is -2.21. The van der Waals surface area contributed by atoms with Gasteiger partial charge in [0.15, 0.2) is 5.78 Å². The summed E-state index contributed by atoms with van der Waals surface area (Å²) in [5.41, 5.74) is 9.21. The van der Waals surface area contributed by atoms with Crippen molar-refractivity contribution >= 4 is 22.4 Å². The third-order valence-electron chi connectivity index (χ3n) is 6.42. The molecule has 1 unspecified atom stereocenters. The van der Waals surface area contributed by atoms with Gasteiger partial charge in [-0.25, -0.2) is 4.98 Å². The van der Waals surface area contributed by atoms with E-state index in [1.165, 1.54) is 0 Å². The van der Waals surface area contributed by atoms with E-state index in [2.05, 4.69) is 54.3 Å². The molecule has 0 aliphatic rings. The highest BCUT2D eigenvalue weighted by Crippen LogP contribution is 2.23. The second kappa shape index (κ2) is 14.2. The molecule has 0 amide bonds. The standard InChI is InChI=1S/C32H37N3O2/c1-4-7-8-9-10-25-13-17-27-22-34-32(33)29(30(27)21-25)19-14-24-11-15-26(16-12-24)31(37)20-18-28(36)23-35(5-2)6-3/h11-13,15-17,21-22,28,36H,4-8,18,20,23H2,1-3H3,(H2,33,34). The number of rotatable bonds is 10. The van der Waals surface area contributed by atoms with Crippen molar-refractivity contribution in [2.75, 3.05) is 25.4 Å². The van der Waals surface area contributed by atoms with Crippen LogP contribution >= 0.6 is 0 Å². The second-order valence-electron chi connectivity index (χ2n) is 9.15. The summed E-state index contributed by atoms with van der Waals surface area (Å²) in [6.07, 6.45) is 5.13. The molecule has 3 N–H and O–H groups in total. The smallest absolute Gasteiger partial charge is 0.162 e. The van der Waals surface area contributed by atoms with Crippen molar-refractivity contribution in [3.63, 3.8) is 0 Å². The van der Waals surface area contributed by atoms with Crippen LogP contribution in [-0.2, 0) is 0 Å². The van der Waals surface area contributed by atoms with E-state index < -0.39 is 6.10 Å². The molecule has 5 nitrogen and oxygen atoms in total. The van der Waals surface area contributed by atoms with Crippen LogP contribution in [0.2, 0.25) is 0 Å². The molecule has 1 aromatic heterocycles. The highest BCUT2D eigenvalue weighted by Gasteiger charge is 2.13. The summed E-state index contributed by atoms with van der Waals surface area (Å²) in [6, 6.07) is 13.3. The first-order valence-corrected chi connectivity index (χ1v) is 13.2. The highest BCUT2D eigenvalue weighted by atomic mass is 16.3. The van der Waals surface area contributed by atoms with Gasteiger partial charge in [-0.3, -0.25) is 4.79 Å². The van der Waals surface area contributed by atoms with Crippen LogP contribution in [0.15, 0.2) is 48.7 Å². The topological polar surface area (TPSA) is 79.4 Å². The molecule has 0 saturated heterocycles. The van der Waals surface area contributed by atoms with E-state index in [-0.39, 0.29) is 5.78 Å². The molecule has 0 aliphatic carbocycles. The summed E-state index contributed by atoms with van der Waals surface area (Å²) < 4.78 is 0. The van der Waals surface area contributed by atoms with Gasteiger partial charge in [-0.05, 0) is 50.2 Å². The molecule has 3 aromatic rings.